The van der Waals surface area contributed by atoms with Crippen molar-refractivity contribution in [2.75, 3.05) is 5.33 Å². The smallest absolute Gasteiger partial charge is 0.330 e. The van der Waals surface area contributed by atoms with Crippen LogP contribution in [0.25, 0.3) is 0 Å². The Morgan fingerprint density at radius 1 is 1.53 bits per heavy atom. The van der Waals surface area contributed by atoms with Crippen LogP contribution < -0.4 is 11.2 Å². The number of aliphatic hydroxyl groups is 1. The van der Waals surface area contributed by atoms with E-state index in [1.54, 1.807) is 0 Å². The molecule has 1 aliphatic heterocycles. The van der Waals surface area contributed by atoms with Gasteiger partial charge in [-0.3, -0.25) is 14.3 Å². The minimum atomic E-state index is -3.80. The van der Waals surface area contributed by atoms with E-state index in [1.165, 1.54) is 4.98 Å². The summed E-state index contributed by atoms with van der Waals surface area (Å²) in [5.41, 5.74) is -2.57. The first-order valence-electron chi connectivity index (χ1n) is 5.07. The SMILES string of the molecule is O=c1[nH]c(=O)n([C@@H]2O[C@H](CBr)[C@@H](O)C2(F)F)cc1F. The first-order chi connectivity index (χ1) is 8.78. The highest BCUT2D eigenvalue weighted by Gasteiger charge is 2.59. The van der Waals surface area contributed by atoms with Gasteiger partial charge in [0.1, 0.15) is 12.2 Å². The maximum atomic E-state index is 13.8. The number of halogens is 4. The van der Waals surface area contributed by atoms with Crippen LogP contribution in [0, 0.1) is 5.82 Å². The molecule has 1 aliphatic rings. The van der Waals surface area contributed by atoms with Crippen molar-refractivity contribution in [2.45, 2.75) is 24.4 Å². The van der Waals surface area contributed by atoms with Gasteiger partial charge in [-0.2, -0.15) is 13.2 Å². The van der Waals surface area contributed by atoms with Crippen LogP contribution in [0.4, 0.5) is 13.2 Å². The van der Waals surface area contributed by atoms with Crippen LogP contribution in [0.1, 0.15) is 6.23 Å². The molecule has 2 N–H and O–H groups in total. The zero-order valence-electron chi connectivity index (χ0n) is 9.15. The lowest BCUT2D eigenvalue weighted by Crippen LogP contribution is -2.43. The van der Waals surface area contributed by atoms with Crippen molar-refractivity contribution < 1.29 is 23.0 Å². The Hall–Kier alpha value is -1.13. The number of alkyl halides is 3. The molecule has 3 atom stereocenters. The average molecular weight is 345 g/mol. The first kappa shape index (κ1) is 14.3. The van der Waals surface area contributed by atoms with Gasteiger partial charge in [0.2, 0.25) is 12.0 Å². The Labute approximate surface area is 111 Å². The lowest BCUT2D eigenvalue weighted by Gasteiger charge is -2.20. The van der Waals surface area contributed by atoms with Crippen molar-refractivity contribution >= 4 is 15.9 Å². The molecule has 10 heteroatoms. The van der Waals surface area contributed by atoms with E-state index < -0.39 is 41.4 Å². The Bertz CT molecular complexity index is 602. The fourth-order valence-electron chi connectivity index (χ4n) is 1.73. The largest absolute Gasteiger partial charge is 0.384 e. The summed E-state index contributed by atoms with van der Waals surface area (Å²) in [5, 5.41) is 9.28. The standard InChI is InChI=1S/C9H8BrF3N2O4/c10-1-4-5(16)9(12,13)7(19-4)15-2-3(11)6(17)14-8(15)18/h2,4-5,7,16H,1H2,(H,14,17,18)/t4-,5-,7-/m1/s1. The van der Waals surface area contributed by atoms with E-state index in [4.69, 9.17) is 4.74 Å². The highest BCUT2D eigenvalue weighted by Crippen LogP contribution is 2.42. The van der Waals surface area contributed by atoms with Crippen LogP contribution in [-0.2, 0) is 4.74 Å². The summed E-state index contributed by atoms with van der Waals surface area (Å²) >= 11 is 2.88. The van der Waals surface area contributed by atoms with Gasteiger partial charge in [0.15, 0.2) is 0 Å². The Morgan fingerprint density at radius 2 is 2.16 bits per heavy atom. The summed E-state index contributed by atoms with van der Waals surface area (Å²) in [5.74, 6) is -5.21. The minimum absolute atomic E-state index is 0.0964. The average Bonchev–Trinajstić information content (AvgIpc) is 2.56. The molecule has 0 radical (unpaired) electrons. The molecule has 0 spiro atoms. The number of hydrogen-bond acceptors (Lipinski definition) is 4. The van der Waals surface area contributed by atoms with Gasteiger partial charge in [-0.15, -0.1) is 0 Å². The van der Waals surface area contributed by atoms with E-state index in [0.717, 1.165) is 0 Å². The molecule has 6 nitrogen and oxygen atoms in total. The van der Waals surface area contributed by atoms with Gasteiger partial charge >= 0.3 is 11.6 Å². The summed E-state index contributed by atoms with van der Waals surface area (Å²) in [6, 6.07) is 0. The summed E-state index contributed by atoms with van der Waals surface area (Å²) in [6.45, 7) is 0. The second kappa shape index (κ2) is 4.76. The van der Waals surface area contributed by atoms with Crippen molar-refractivity contribution in [1.82, 2.24) is 9.55 Å². The summed E-state index contributed by atoms with van der Waals surface area (Å²) < 4.78 is 45.6. The Kier molecular flexibility index (Phi) is 3.58. The number of aromatic amines is 1. The predicted octanol–water partition coefficient (Wildman–Crippen LogP) is -0.0358. The Morgan fingerprint density at radius 3 is 2.68 bits per heavy atom. The zero-order chi connectivity index (χ0) is 14.4. The predicted molar refractivity (Wildman–Crippen MR) is 59.9 cm³/mol. The summed E-state index contributed by atoms with van der Waals surface area (Å²) in [7, 11) is 0. The Balaban J connectivity index is 2.51. The fraction of sp³-hybridized carbons (Fsp3) is 0.556. The van der Waals surface area contributed by atoms with Gasteiger partial charge < -0.3 is 9.84 Å². The highest BCUT2D eigenvalue weighted by molar-refractivity contribution is 9.09. The third-order valence-corrected chi connectivity index (χ3v) is 3.35. The third-order valence-electron chi connectivity index (χ3n) is 2.71. The molecule has 0 aliphatic carbocycles. The highest BCUT2D eigenvalue weighted by atomic mass is 79.9. The topological polar surface area (TPSA) is 84.3 Å². The van der Waals surface area contributed by atoms with Crippen molar-refractivity contribution in [1.29, 1.82) is 0 Å². The molecule has 0 aromatic carbocycles. The van der Waals surface area contributed by atoms with Crippen molar-refractivity contribution in [3.63, 3.8) is 0 Å². The molecular formula is C9H8BrF3N2O4. The third kappa shape index (κ3) is 2.23. The van der Waals surface area contributed by atoms with Crippen LogP contribution in [-0.4, -0.2) is 38.1 Å². The van der Waals surface area contributed by atoms with Gasteiger partial charge in [-0.05, 0) is 0 Å². The molecule has 19 heavy (non-hydrogen) atoms. The molecule has 0 saturated carbocycles. The maximum Gasteiger partial charge on any atom is 0.330 e. The molecule has 0 bridgehead atoms. The van der Waals surface area contributed by atoms with Crippen molar-refractivity contribution in [2.24, 2.45) is 0 Å². The van der Waals surface area contributed by atoms with Gasteiger partial charge in [-0.25, -0.2) is 4.79 Å². The monoisotopic (exact) mass is 344 g/mol. The number of H-pyrrole nitrogens is 1. The molecular weight excluding hydrogens is 337 g/mol. The van der Waals surface area contributed by atoms with Gasteiger partial charge in [0, 0.05) is 5.33 Å². The van der Waals surface area contributed by atoms with Gasteiger partial charge in [0.05, 0.1) is 6.20 Å². The molecule has 1 saturated heterocycles. The number of nitrogens with one attached hydrogen (secondary N) is 1. The number of nitrogens with zero attached hydrogens (tertiary/aromatic N) is 1. The van der Waals surface area contributed by atoms with Crippen LogP contribution in [0.15, 0.2) is 15.8 Å². The minimum Gasteiger partial charge on any atom is -0.384 e. The molecule has 0 amide bonds. The van der Waals surface area contributed by atoms with E-state index in [9.17, 15) is 27.9 Å². The number of hydrogen-bond donors (Lipinski definition) is 2. The zero-order valence-corrected chi connectivity index (χ0v) is 10.7. The first-order valence-corrected chi connectivity index (χ1v) is 6.19. The van der Waals surface area contributed by atoms with Crippen molar-refractivity contribution in [3.05, 3.63) is 32.9 Å². The summed E-state index contributed by atoms with van der Waals surface area (Å²) in [4.78, 5) is 23.8. The quantitative estimate of drug-likeness (QED) is 0.737. The molecule has 1 fully saturated rings. The van der Waals surface area contributed by atoms with Crippen LogP contribution in [0.3, 0.4) is 0 Å². The number of aliphatic hydroxyl groups excluding tert-OH is 1. The molecule has 0 unspecified atom stereocenters. The van der Waals surface area contributed by atoms with E-state index in [-0.39, 0.29) is 9.90 Å². The van der Waals surface area contributed by atoms with E-state index in [1.807, 2.05) is 0 Å². The molecule has 2 rings (SSSR count). The lowest BCUT2D eigenvalue weighted by atomic mass is 10.1. The molecule has 1 aromatic rings. The van der Waals surface area contributed by atoms with Crippen molar-refractivity contribution in [3.8, 4) is 0 Å². The number of ether oxygens (including phenoxy) is 1. The normalized spacial score (nSPS) is 29.6. The van der Waals surface area contributed by atoms with Gasteiger partial charge in [0.25, 0.3) is 5.56 Å². The second-order valence-corrected chi connectivity index (χ2v) is 4.59. The summed E-state index contributed by atoms with van der Waals surface area (Å²) in [6.07, 6.45) is -5.28. The molecule has 106 valence electrons. The van der Waals surface area contributed by atoms with Gasteiger partial charge in [-0.1, -0.05) is 15.9 Å². The lowest BCUT2D eigenvalue weighted by molar-refractivity contribution is -0.141. The fourth-order valence-corrected chi connectivity index (χ4v) is 2.24. The number of aromatic nitrogens is 2. The second-order valence-electron chi connectivity index (χ2n) is 3.94. The maximum absolute atomic E-state index is 13.8. The number of rotatable bonds is 2. The van der Waals surface area contributed by atoms with Crippen LogP contribution in [0.2, 0.25) is 0 Å². The molecule has 2 heterocycles. The van der Waals surface area contributed by atoms with E-state index >= 15 is 0 Å². The van der Waals surface area contributed by atoms with E-state index in [0.29, 0.717) is 6.20 Å². The molecule has 1 aromatic heterocycles. The van der Waals surface area contributed by atoms with Crippen LogP contribution >= 0.6 is 15.9 Å². The van der Waals surface area contributed by atoms with Crippen LogP contribution in [0.5, 0.6) is 0 Å². The van der Waals surface area contributed by atoms with E-state index in [2.05, 4.69) is 15.9 Å².